The third-order valence-corrected chi connectivity index (χ3v) is 6.16. The second-order valence-electron chi connectivity index (χ2n) is 12.2. The number of amides is 2. The van der Waals surface area contributed by atoms with E-state index in [0.717, 1.165) is 0 Å². The van der Waals surface area contributed by atoms with Crippen molar-refractivity contribution >= 4 is 23.8 Å². The van der Waals surface area contributed by atoms with Gasteiger partial charge in [0.1, 0.15) is 17.3 Å². The van der Waals surface area contributed by atoms with E-state index in [2.05, 4.69) is 10.1 Å². The van der Waals surface area contributed by atoms with Crippen LogP contribution in [0.3, 0.4) is 0 Å². The Morgan fingerprint density at radius 3 is 2.16 bits per heavy atom. The van der Waals surface area contributed by atoms with Crippen LogP contribution < -0.4 is 9.64 Å². The van der Waals surface area contributed by atoms with Crippen LogP contribution >= 0.6 is 0 Å². The quantitative estimate of drug-likeness (QED) is 0.215. The maximum Gasteiger partial charge on any atom is 0.427 e. The molecule has 0 aliphatic carbocycles. The van der Waals surface area contributed by atoms with Crippen LogP contribution in [0.2, 0.25) is 0 Å². The van der Waals surface area contributed by atoms with Gasteiger partial charge < -0.3 is 19.3 Å². The number of alkyl halides is 2. The van der Waals surface area contributed by atoms with Gasteiger partial charge in [-0.15, -0.1) is 10.00 Å². The Morgan fingerprint density at radius 2 is 1.56 bits per heavy atom. The summed E-state index contributed by atoms with van der Waals surface area (Å²) in [6.07, 6.45) is -3.55. The average molecular weight is 629 g/mol. The van der Waals surface area contributed by atoms with Crippen molar-refractivity contribution in [2.45, 2.75) is 71.2 Å². The molecule has 2 aromatic carbocycles. The summed E-state index contributed by atoms with van der Waals surface area (Å²) < 4.78 is 62.1. The van der Waals surface area contributed by atoms with E-state index in [1.165, 1.54) is 53.2 Å². The molecular weight excluding hydrogens is 593 g/mol. The van der Waals surface area contributed by atoms with Gasteiger partial charge in [0.05, 0.1) is 6.61 Å². The second kappa shape index (κ2) is 12.8. The monoisotopic (exact) mass is 628 g/mol. The van der Waals surface area contributed by atoms with E-state index in [1.807, 2.05) is 0 Å². The van der Waals surface area contributed by atoms with E-state index in [1.54, 1.807) is 59.7 Å². The van der Waals surface area contributed by atoms with E-state index < -0.39 is 54.3 Å². The number of carbonyl (C=O) groups excluding carboxylic acids is 2. The highest BCUT2D eigenvalue weighted by atomic mass is 19.3. The van der Waals surface area contributed by atoms with Gasteiger partial charge in [-0.25, -0.2) is 27.3 Å². The summed E-state index contributed by atoms with van der Waals surface area (Å²) in [4.78, 5) is 30.8. The van der Waals surface area contributed by atoms with Gasteiger partial charge in [0.25, 0.3) is 11.9 Å². The van der Waals surface area contributed by atoms with Crippen LogP contribution in [0, 0.1) is 5.82 Å². The predicted octanol–water partition coefficient (Wildman–Crippen LogP) is 7.35. The smallest absolute Gasteiger partial charge is 0.427 e. The molecule has 2 heterocycles. The molecule has 0 radical (unpaired) electrons. The number of rotatable bonds is 8. The summed E-state index contributed by atoms with van der Waals surface area (Å²) in [5, 5.41) is 14.3. The number of benzene rings is 2. The zero-order valence-electron chi connectivity index (χ0n) is 25.8. The fraction of sp³-hybridized carbons (Fsp3) is 0.375. The van der Waals surface area contributed by atoms with Crippen LogP contribution in [0.15, 0.2) is 66.9 Å². The van der Waals surface area contributed by atoms with E-state index in [4.69, 9.17) is 14.2 Å². The molecule has 2 amide bonds. The molecule has 1 atom stereocenters. The summed E-state index contributed by atoms with van der Waals surface area (Å²) in [7, 11) is 0. The van der Waals surface area contributed by atoms with Gasteiger partial charge in [0.15, 0.2) is 17.2 Å². The molecule has 4 aromatic rings. The fourth-order valence-corrected chi connectivity index (χ4v) is 4.14. The number of halogens is 3. The number of aromatic nitrogens is 3. The van der Waals surface area contributed by atoms with Gasteiger partial charge in [0, 0.05) is 18.2 Å². The molecule has 1 unspecified atom stereocenters. The summed E-state index contributed by atoms with van der Waals surface area (Å²) in [6, 6.07) is 14.8. The summed E-state index contributed by atoms with van der Waals surface area (Å²) in [5.41, 5.74) is -1.26. The van der Waals surface area contributed by atoms with Crippen molar-refractivity contribution in [3.8, 4) is 16.9 Å². The van der Waals surface area contributed by atoms with Crippen LogP contribution in [-0.4, -0.2) is 55.6 Å². The zero-order valence-corrected chi connectivity index (χ0v) is 25.8. The molecule has 4 rings (SSSR count). The number of aliphatic hydroxyl groups excluding tert-OH is 1. The number of hydrogen-bond acceptors (Lipinski definition) is 8. The van der Waals surface area contributed by atoms with Crippen molar-refractivity contribution in [2.24, 2.45) is 0 Å². The Labute approximate surface area is 258 Å². The molecule has 240 valence electrons. The first-order valence-electron chi connectivity index (χ1n) is 14.1. The van der Waals surface area contributed by atoms with Gasteiger partial charge in [0.2, 0.25) is 0 Å². The molecule has 45 heavy (non-hydrogen) atoms. The van der Waals surface area contributed by atoms with Crippen molar-refractivity contribution in [1.29, 1.82) is 0 Å². The molecule has 13 heteroatoms. The van der Waals surface area contributed by atoms with Crippen LogP contribution in [0.25, 0.3) is 16.8 Å². The minimum atomic E-state index is -3.52. The summed E-state index contributed by atoms with van der Waals surface area (Å²) in [5.74, 6) is -4.91. The lowest BCUT2D eigenvalue weighted by molar-refractivity contribution is -0.120. The van der Waals surface area contributed by atoms with Crippen molar-refractivity contribution in [3.63, 3.8) is 0 Å². The Hall–Kier alpha value is -4.65. The van der Waals surface area contributed by atoms with E-state index in [-0.39, 0.29) is 28.5 Å². The number of ether oxygens (including phenoxy) is 3. The standard InChI is InChI=1S/C32H35F3N4O6/c1-30(2,3)44-28(41)39(29(42)45-31(4,5)6)27-36-24-19-21(15-17-38(24)37-27)22-13-10-14-23(25(22)33)43-18-16-32(34,35)26(40)20-11-8-7-9-12-20/h7-15,17,19,26,40H,16,18H2,1-6H3. The highest BCUT2D eigenvalue weighted by Crippen LogP contribution is 2.35. The normalized spacial score (nSPS) is 12.9. The fourth-order valence-electron chi connectivity index (χ4n) is 4.14. The molecule has 0 aliphatic heterocycles. The van der Waals surface area contributed by atoms with Crippen molar-refractivity contribution < 1.29 is 42.1 Å². The van der Waals surface area contributed by atoms with Crippen molar-refractivity contribution in [3.05, 3.63) is 78.2 Å². The van der Waals surface area contributed by atoms with Gasteiger partial charge in [-0.2, -0.15) is 4.98 Å². The predicted molar refractivity (Wildman–Crippen MR) is 160 cm³/mol. The van der Waals surface area contributed by atoms with Gasteiger partial charge in [-0.1, -0.05) is 42.5 Å². The minimum Gasteiger partial charge on any atom is -0.490 e. The number of aliphatic hydroxyl groups is 1. The molecular formula is C32H35F3N4O6. The first kappa shape index (κ1) is 33.2. The summed E-state index contributed by atoms with van der Waals surface area (Å²) in [6.45, 7) is 9.23. The lowest BCUT2D eigenvalue weighted by atomic mass is 10.0. The molecule has 1 N–H and O–H groups in total. The minimum absolute atomic E-state index is 0.0584. The lowest BCUT2D eigenvalue weighted by Gasteiger charge is -2.26. The largest absolute Gasteiger partial charge is 0.490 e. The third-order valence-electron chi connectivity index (χ3n) is 6.16. The van der Waals surface area contributed by atoms with Crippen molar-refractivity contribution in [1.82, 2.24) is 14.6 Å². The lowest BCUT2D eigenvalue weighted by Crippen LogP contribution is -2.44. The van der Waals surface area contributed by atoms with Crippen LogP contribution in [0.4, 0.5) is 28.7 Å². The van der Waals surface area contributed by atoms with Crippen molar-refractivity contribution in [2.75, 3.05) is 11.5 Å². The highest BCUT2D eigenvalue weighted by molar-refractivity contribution is 6.08. The summed E-state index contributed by atoms with van der Waals surface area (Å²) >= 11 is 0. The number of carbonyl (C=O) groups is 2. The first-order chi connectivity index (χ1) is 20.9. The molecule has 0 saturated heterocycles. The van der Waals surface area contributed by atoms with E-state index >= 15 is 4.39 Å². The third kappa shape index (κ3) is 8.29. The molecule has 0 fully saturated rings. The molecule has 2 aromatic heterocycles. The number of hydrogen-bond donors (Lipinski definition) is 1. The Bertz CT molecular complexity index is 1640. The maximum atomic E-state index is 15.5. The molecule has 0 spiro atoms. The number of anilines is 1. The van der Waals surface area contributed by atoms with Gasteiger partial charge in [-0.05, 0) is 70.9 Å². The Morgan fingerprint density at radius 1 is 0.933 bits per heavy atom. The number of fused-ring (bicyclic) bond motifs is 1. The number of imide groups is 1. The highest BCUT2D eigenvalue weighted by Gasteiger charge is 2.39. The number of nitrogens with zero attached hydrogens (tertiary/aromatic N) is 4. The Balaban J connectivity index is 1.56. The number of pyridine rings is 1. The SMILES string of the molecule is CC(C)(C)OC(=O)N(C(=O)OC(C)(C)C)c1nc2cc(-c3cccc(OCCC(F)(F)C(O)c4ccccc4)c3F)ccn2n1. The zero-order chi connectivity index (χ0) is 33.2. The first-order valence-corrected chi connectivity index (χ1v) is 14.1. The topological polar surface area (TPSA) is 115 Å². The van der Waals surface area contributed by atoms with Gasteiger partial charge in [-0.3, -0.25) is 0 Å². The van der Waals surface area contributed by atoms with E-state index in [0.29, 0.717) is 10.5 Å². The van der Waals surface area contributed by atoms with Crippen LogP contribution in [-0.2, 0) is 9.47 Å². The molecule has 10 nitrogen and oxygen atoms in total. The van der Waals surface area contributed by atoms with E-state index in [9.17, 15) is 23.5 Å². The molecule has 0 saturated carbocycles. The average Bonchev–Trinajstić information content (AvgIpc) is 3.34. The second-order valence-corrected chi connectivity index (χ2v) is 12.2. The van der Waals surface area contributed by atoms with Crippen LogP contribution in [0.1, 0.15) is 59.6 Å². The Kier molecular flexibility index (Phi) is 9.43. The van der Waals surface area contributed by atoms with Crippen LogP contribution in [0.5, 0.6) is 5.75 Å². The maximum absolute atomic E-state index is 15.5. The van der Waals surface area contributed by atoms with Gasteiger partial charge >= 0.3 is 12.2 Å². The molecule has 0 aliphatic rings. The molecule has 0 bridgehead atoms.